The molecule has 0 heterocycles. The summed E-state index contributed by atoms with van der Waals surface area (Å²) >= 11 is 0. The Hall–Kier alpha value is -0.990. The first-order valence-electron chi connectivity index (χ1n) is 4.76. The molecule has 0 aliphatic heterocycles. The summed E-state index contributed by atoms with van der Waals surface area (Å²) in [5.74, 6) is -0.0603. The minimum absolute atomic E-state index is 0.0603. The molecule has 13 heavy (non-hydrogen) atoms. The Bertz CT molecular complexity index is 113. The van der Waals surface area contributed by atoms with Crippen molar-refractivity contribution in [3.63, 3.8) is 0 Å². The number of hydroxylamine groups is 2. The van der Waals surface area contributed by atoms with Crippen molar-refractivity contribution < 1.29 is 9.63 Å². The van der Waals surface area contributed by atoms with Gasteiger partial charge >= 0.3 is 0 Å². The smallest absolute Gasteiger partial charge is 0.254 e. The molecule has 0 fully saturated rings. The molecule has 0 aliphatic carbocycles. The number of hydrogen-bond acceptors (Lipinski definition) is 2. The maximum Gasteiger partial charge on any atom is 0.254 e. The minimum Gasteiger partial charge on any atom is -0.386 e. The second-order valence-corrected chi connectivity index (χ2v) is 1.52. The summed E-state index contributed by atoms with van der Waals surface area (Å²) in [6.07, 6.45) is 1.66. The van der Waals surface area contributed by atoms with Gasteiger partial charge in [-0.05, 0) is 0 Å². The Morgan fingerprint density at radius 2 is 1.77 bits per heavy atom. The standard InChI is InChI=1S/C6H11NO2.2C2H6/c1-4-6(8)7(3)9-5-2;2*1-2/h5H,2,4H2,1,3H3;2*1-2H3. The van der Waals surface area contributed by atoms with E-state index < -0.39 is 0 Å². The Balaban J connectivity index is -0.000000218. The summed E-state index contributed by atoms with van der Waals surface area (Å²) in [6, 6.07) is 0. The summed E-state index contributed by atoms with van der Waals surface area (Å²) in [7, 11) is 1.55. The van der Waals surface area contributed by atoms with Crippen LogP contribution in [0.2, 0.25) is 0 Å². The van der Waals surface area contributed by atoms with Crippen molar-refractivity contribution in [1.82, 2.24) is 5.06 Å². The molecule has 0 aromatic heterocycles. The van der Waals surface area contributed by atoms with E-state index in [0.717, 1.165) is 5.06 Å². The van der Waals surface area contributed by atoms with Crippen LogP contribution in [0.3, 0.4) is 0 Å². The van der Waals surface area contributed by atoms with Gasteiger partial charge in [-0.3, -0.25) is 4.79 Å². The van der Waals surface area contributed by atoms with Crippen LogP contribution in [-0.4, -0.2) is 18.0 Å². The molecule has 0 saturated heterocycles. The van der Waals surface area contributed by atoms with E-state index in [-0.39, 0.29) is 5.91 Å². The van der Waals surface area contributed by atoms with E-state index in [0.29, 0.717) is 6.42 Å². The van der Waals surface area contributed by atoms with Gasteiger partial charge in [0.15, 0.2) is 0 Å². The molecule has 0 aromatic carbocycles. The fourth-order valence-electron chi connectivity index (χ4n) is 0.393. The Morgan fingerprint density at radius 1 is 1.38 bits per heavy atom. The fourth-order valence-corrected chi connectivity index (χ4v) is 0.393. The molecule has 1 amide bonds. The van der Waals surface area contributed by atoms with Crippen molar-refractivity contribution >= 4 is 5.91 Å². The zero-order chi connectivity index (χ0) is 11.3. The van der Waals surface area contributed by atoms with Crippen LogP contribution < -0.4 is 0 Å². The van der Waals surface area contributed by atoms with Gasteiger partial charge in [-0.15, -0.1) is 0 Å². The van der Waals surface area contributed by atoms with E-state index in [1.807, 2.05) is 27.7 Å². The molecule has 0 aliphatic rings. The van der Waals surface area contributed by atoms with Crippen LogP contribution in [0.15, 0.2) is 12.8 Å². The SMILES string of the molecule is C=CON(C)C(=O)CC.CC.CC. The lowest BCUT2D eigenvalue weighted by molar-refractivity contribution is -0.160. The normalized spacial score (nSPS) is 6.62. The quantitative estimate of drug-likeness (QED) is 0.504. The van der Waals surface area contributed by atoms with E-state index in [2.05, 4.69) is 11.4 Å². The summed E-state index contributed by atoms with van der Waals surface area (Å²) in [5, 5.41) is 1.15. The molecular formula is C10H23NO2. The number of amides is 1. The third-order valence-corrected chi connectivity index (χ3v) is 0.886. The number of carbonyl (C=O) groups excluding carboxylic acids is 1. The second kappa shape index (κ2) is 17.2. The molecule has 0 unspecified atom stereocenters. The van der Waals surface area contributed by atoms with Crippen LogP contribution in [0.4, 0.5) is 0 Å². The van der Waals surface area contributed by atoms with Crippen molar-refractivity contribution in [2.24, 2.45) is 0 Å². The maximum absolute atomic E-state index is 10.7. The Labute approximate surface area is 82.3 Å². The molecule has 0 spiro atoms. The third kappa shape index (κ3) is 13.9. The van der Waals surface area contributed by atoms with Gasteiger partial charge in [-0.1, -0.05) is 41.2 Å². The van der Waals surface area contributed by atoms with Gasteiger partial charge in [0.25, 0.3) is 5.91 Å². The molecule has 0 radical (unpaired) electrons. The third-order valence-electron chi connectivity index (χ3n) is 0.886. The lowest BCUT2D eigenvalue weighted by Gasteiger charge is -2.12. The lowest BCUT2D eigenvalue weighted by Crippen LogP contribution is -2.23. The monoisotopic (exact) mass is 189 g/mol. The zero-order valence-corrected chi connectivity index (χ0v) is 9.76. The number of nitrogens with zero attached hydrogens (tertiary/aromatic N) is 1. The summed E-state index contributed by atoms with van der Waals surface area (Å²) < 4.78 is 0. The molecule has 0 N–H and O–H groups in total. The molecule has 0 atom stereocenters. The minimum atomic E-state index is -0.0603. The predicted molar refractivity (Wildman–Crippen MR) is 57.0 cm³/mol. The van der Waals surface area contributed by atoms with Gasteiger partial charge in [0.2, 0.25) is 0 Å². The molecule has 0 saturated carbocycles. The Kier molecular flexibility index (Phi) is 23.7. The zero-order valence-electron chi connectivity index (χ0n) is 9.76. The summed E-state index contributed by atoms with van der Waals surface area (Å²) in [6.45, 7) is 13.1. The average Bonchev–Trinajstić information content (AvgIpc) is 2.23. The molecule has 0 bridgehead atoms. The summed E-state index contributed by atoms with van der Waals surface area (Å²) in [5.41, 5.74) is 0. The first-order chi connectivity index (χ1) is 6.22. The molecular weight excluding hydrogens is 166 g/mol. The second-order valence-electron chi connectivity index (χ2n) is 1.52. The van der Waals surface area contributed by atoms with Gasteiger partial charge in [0, 0.05) is 13.5 Å². The van der Waals surface area contributed by atoms with Crippen molar-refractivity contribution in [3.8, 4) is 0 Å². The highest BCUT2D eigenvalue weighted by Crippen LogP contribution is 1.89. The van der Waals surface area contributed by atoms with Crippen molar-refractivity contribution in [2.45, 2.75) is 41.0 Å². The van der Waals surface area contributed by atoms with Crippen molar-refractivity contribution in [2.75, 3.05) is 7.05 Å². The van der Waals surface area contributed by atoms with Gasteiger partial charge < -0.3 is 4.84 Å². The average molecular weight is 189 g/mol. The van der Waals surface area contributed by atoms with Crippen LogP contribution in [0.1, 0.15) is 41.0 Å². The van der Waals surface area contributed by atoms with E-state index in [4.69, 9.17) is 0 Å². The maximum atomic E-state index is 10.7. The molecule has 80 valence electrons. The largest absolute Gasteiger partial charge is 0.386 e. The van der Waals surface area contributed by atoms with Gasteiger partial charge in [-0.25, -0.2) is 0 Å². The topological polar surface area (TPSA) is 29.5 Å². The highest BCUT2D eigenvalue weighted by Gasteiger charge is 2.02. The number of hydrogen-bond donors (Lipinski definition) is 0. The van der Waals surface area contributed by atoms with Gasteiger partial charge in [0.1, 0.15) is 6.26 Å². The lowest BCUT2D eigenvalue weighted by atomic mass is 10.5. The van der Waals surface area contributed by atoms with E-state index in [9.17, 15) is 4.79 Å². The molecule has 3 nitrogen and oxygen atoms in total. The van der Waals surface area contributed by atoms with Crippen LogP contribution >= 0.6 is 0 Å². The first kappa shape index (κ1) is 17.9. The first-order valence-corrected chi connectivity index (χ1v) is 4.76. The summed E-state index contributed by atoms with van der Waals surface area (Å²) in [4.78, 5) is 15.3. The van der Waals surface area contributed by atoms with Gasteiger partial charge in [0.05, 0.1) is 0 Å². The number of carbonyl (C=O) groups is 1. The molecule has 0 rings (SSSR count). The van der Waals surface area contributed by atoms with Crippen molar-refractivity contribution in [3.05, 3.63) is 12.8 Å². The van der Waals surface area contributed by atoms with Crippen LogP contribution in [-0.2, 0) is 9.63 Å². The number of rotatable bonds is 3. The van der Waals surface area contributed by atoms with Crippen molar-refractivity contribution in [1.29, 1.82) is 0 Å². The van der Waals surface area contributed by atoms with E-state index in [1.54, 1.807) is 14.0 Å². The van der Waals surface area contributed by atoms with Gasteiger partial charge in [-0.2, -0.15) is 5.06 Å². The van der Waals surface area contributed by atoms with Crippen LogP contribution in [0.25, 0.3) is 0 Å². The van der Waals surface area contributed by atoms with Crippen LogP contribution in [0, 0.1) is 0 Å². The fraction of sp³-hybridized carbons (Fsp3) is 0.700. The van der Waals surface area contributed by atoms with Crippen LogP contribution in [0.5, 0.6) is 0 Å². The predicted octanol–water partition coefficient (Wildman–Crippen LogP) is 2.98. The molecule has 0 aromatic rings. The Morgan fingerprint density at radius 3 is 2.00 bits per heavy atom. The highest BCUT2D eigenvalue weighted by atomic mass is 16.7. The van der Waals surface area contributed by atoms with E-state index in [1.165, 1.54) is 6.26 Å². The van der Waals surface area contributed by atoms with E-state index >= 15 is 0 Å². The highest BCUT2D eigenvalue weighted by molar-refractivity contribution is 5.74. The molecule has 3 heteroatoms.